The molecule has 0 radical (unpaired) electrons. The third kappa shape index (κ3) is 3.05. The number of hydrogen-bond acceptors (Lipinski definition) is 6. The van der Waals surface area contributed by atoms with Crippen molar-refractivity contribution in [1.29, 1.82) is 0 Å². The Morgan fingerprint density at radius 3 is 2.48 bits per heavy atom. The van der Waals surface area contributed by atoms with Crippen LogP contribution >= 0.6 is 0 Å². The van der Waals surface area contributed by atoms with Gasteiger partial charge in [-0.25, -0.2) is 0 Å². The number of rotatable bonds is 4. The zero-order chi connectivity index (χ0) is 15.6. The smallest absolute Gasteiger partial charge is 0.282 e. The number of nitro benzene ring substituents is 2. The molecule has 0 heterocycles. The number of carbonyl (C=O) groups is 1. The van der Waals surface area contributed by atoms with Gasteiger partial charge in [0, 0.05) is 18.4 Å². The maximum atomic E-state index is 11.8. The molecule has 1 fully saturated rings. The van der Waals surface area contributed by atoms with Gasteiger partial charge in [-0.1, -0.05) is 6.42 Å². The highest BCUT2D eigenvalue weighted by molar-refractivity contribution is 5.82. The van der Waals surface area contributed by atoms with Gasteiger partial charge in [0.2, 0.25) is 0 Å². The summed E-state index contributed by atoms with van der Waals surface area (Å²) in [5.41, 5.74) is -1.01. The zero-order valence-corrected chi connectivity index (χ0v) is 11.1. The topological polar surface area (TPSA) is 124 Å². The molecule has 1 aromatic carbocycles. The molecule has 112 valence electrons. The maximum absolute atomic E-state index is 11.8. The molecular formula is C13H14N2O6. The predicted molar refractivity (Wildman–Crippen MR) is 71.7 cm³/mol. The normalized spacial score (nSPS) is 20.0. The van der Waals surface area contributed by atoms with Crippen LogP contribution in [0.15, 0.2) is 18.2 Å². The second kappa shape index (κ2) is 5.96. The van der Waals surface area contributed by atoms with E-state index in [2.05, 4.69) is 0 Å². The fraction of sp³-hybridized carbons (Fsp3) is 0.462. The Hall–Kier alpha value is -2.35. The van der Waals surface area contributed by atoms with Crippen molar-refractivity contribution >= 4 is 17.2 Å². The van der Waals surface area contributed by atoms with Gasteiger partial charge < -0.3 is 5.11 Å². The number of aliphatic hydroxyl groups is 1. The van der Waals surface area contributed by atoms with E-state index in [1.807, 2.05) is 0 Å². The number of aliphatic hydroxyl groups excluding tert-OH is 1. The number of ketones is 1. The maximum Gasteiger partial charge on any atom is 0.282 e. The molecule has 0 aromatic heterocycles. The van der Waals surface area contributed by atoms with Gasteiger partial charge in [0.05, 0.1) is 27.6 Å². The molecule has 0 spiro atoms. The lowest BCUT2D eigenvalue weighted by molar-refractivity contribution is -0.395. The summed E-state index contributed by atoms with van der Waals surface area (Å²) in [4.78, 5) is 32.0. The molecule has 21 heavy (non-hydrogen) atoms. The number of nitrogens with zero attached hydrogens (tertiary/aromatic N) is 2. The van der Waals surface area contributed by atoms with Crippen LogP contribution in [-0.4, -0.2) is 20.7 Å². The van der Waals surface area contributed by atoms with E-state index >= 15 is 0 Å². The number of Topliss-reactive ketones (excluding diaryl/α,β-unsaturated/α-hetero) is 1. The van der Waals surface area contributed by atoms with Gasteiger partial charge in [0.1, 0.15) is 5.78 Å². The van der Waals surface area contributed by atoms with Gasteiger partial charge in [-0.15, -0.1) is 0 Å². The van der Waals surface area contributed by atoms with Gasteiger partial charge in [0.25, 0.3) is 11.4 Å². The third-order valence-corrected chi connectivity index (χ3v) is 3.72. The second-order valence-electron chi connectivity index (χ2n) is 5.02. The van der Waals surface area contributed by atoms with E-state index in [1.165, 1.54) is 0 Å². The minimum atomic E-state index is -1.31. The molecule has 1 saturated carbocycles. The summed E-state index contributed by atoms with van der Waals surface area (Å²) >= 11 is 0. The highest BCUT2D eigenvalue weighted by Gasteiger charge is 2.34. The molecule has 1 N–H and O–H groups in total. The molecule has 8 nitrogen and oxygen atoms in total. The van der Waals surface area contributed by atoms with Gasteiger partial charge in [-0.2, -0.15) is 0 Å². The van der Waals surface area contributed by atoms with E-state index < -0.39 is 33.2 Å². The van der Waals surface area contributed by atoms with E-state index in [-0.39, 0.29) is 11.3 Å². The molecule has 0 amide bonds. The summed E-state index contributed by atoms with van der Waals surface area (Å²) in [5, 5.41) is 32.0. The van der Waals surface area contributed by atoms with Crippen LogP contribution < -0.4 is 0 Å². The first-order valence-electron chi connectivity index (χ1n) is 6.55. The third-order valence-electron chi connectivity index (χ3n) is 3.72. The van der Waals surface area contributed by atoms with Gasteiger partial charge in [-0.05, 0) is 18.9 Å². The van der Waals surface area contributed by atoms with E-state index in [0.29, 0.717) is 12.8 Å². The van der Waals surface area contributed by atoms with Crippen LogP contribution in [0.1, 0.15) is 37.4 Å². The largest absolute Gasteiger partial charge is 0.387 e. The molecule has 2 rings (SSSR count). The molecule has 2 atom stereocenters. The molecule has 1 aliphatic rings. The fourth-order valence-electron chi connectivity index (χ4n) is 2.61. The molecule has 1 aromatic rings. The van der Waals surface area contributed by atoms with Crippen LogP contribution in [-0.2, 0) is 4.79 Å². The molecule has 0 unspecified atom stereocenters. The summed E-state index contributed by atoms with van der Waals surface area (Å²) < 4.78 is 0. The van der Waals surface area contributed by atoms with Crippen molar-refractivity contribution in [2.24, 2.45) is 5.92 Å². The van der Waals surface area contributed by atoms with Crippen molar-refractivity contribution in [3.63, 3.8) is 0 Å². The van der Waals surface area contributed by atoms with Gasteiger partial charge in [-0.3, -0.25) is 25.0 Å². The molecule has 0 bridgehead atoms. The lowest BCUT2D eigenvalue weighted by atomic mass is 9.81. The molecule has 0 aliphatic heterocycles. The van der Waals surface area contributed by atoms with Crippen LogP contribution in [0.4, 0.5) is 11.4 Å². The highest BCUT2D eigenvalue weighted by atomic mass is 16.6. The molecular weight excluding hydrogens is 280 g/mol. The summed E-state index contributed by atoms with van der Waals surface area (Å²) in [6, 6.07) is 3.06. The number of benzene rings is 1. The average Bonchev–Trinajstić information content (AvgIpc) is 2.46. The van der Waals surface area contributed by atoms with Gasteiger partial charge in [0.15, 0.2) is 0 Å². The summed E-state index contributed by atoms with van der Waals surface area (Å²) in [6.07, 6.45) is 1.04. The highest BCUT2D eigenvalue weighted by Crippen LogP contribution is 2.37. The number of non-ortho nitro benzene ring substituents is 1. The molecule has 0 saturated heterocycles. The average molecular weight is 294 g/mol. The van der Waals surface area contributed by atoms with Crippen LogP contribution in [0.25, 0.3) is 0 Å². The first-order valence-corrected chi connectivity index (χ1v) is 6.55. The first kappa shape index (κ1) is 15.0. The van der Waals surface area contributed by atoms with Crippen molar-refractivity contribution < 1.29 is 19.7 Å². The fourth-order valence-corrected chi connectivity index (χ4v) is 2.61. The Balaban J connectivity index is 2.40. The van der Waals surface area contributed by atoms with Crippen LogP contribution in [0.2, 0.25) is 0 Å². The standard InChI is InChI=1S/C13H14N2O6/c16-12-4-2-1-3-10(12)13(17)9-6-5-8(14(18)19)7-11(9)15(20)21/h5-7,10,13,17H,1-4H2/t10-,13+/m0/s1. The second-order valence-corrected chi connectivity index (χ2v) is 5.02. The van der Waals surface area contributed by atoms with Crippen LogP contribution in [0.3, 0.4) is 0 Å². The number of hydrogen-bond donors (Lipinski definition) is 1. The zero-order valence-electron chi connectivity index (χ0n) is 11.1. The van der Waals surface area contributed by atoms with E-state index in [4.69, 9.17) is 0 Å². The number of carbonyl (C=O) groups excluding carboxylic acids is 1. The Bertz CT molecular complexity index is 600. The lowest BCUT2D eigenvalue weighted by Crippen LogP contribution is -2.26. The Labute approximate surface area is 119 Å². The predicted octanol–water partition coefficient (Wildman–Crippen LogP) is 2.30. The van der Waals surface area contributed by atoms with E-state index in [1.54, 1.807) is 0 Å². The Morgan fingerprint density at radius 2 is 1.90 bits per heavy atom. The quantitative estimate of drug-likeness (QED) is 0.671. The summed E-state index contributed by atoms with van der Waals surface area (Å²) in [6.45, 7) is 0. The van der Waals surface area contributed by atoms with Crippen molar-refractivity contribution in [3.8, 4) is 0 Å². The number of nitro groups is 2. The molecule has 1 aliphatic carbocycles. The minimum absolute atomic E-state index is 0.0501. The van der Waals surface area contributed by atoms with Crippen molar-refractivity contribution in [1.82, 2.24) is 0 Å². The van der Waals surface area contributed by atoms with E-state index in [9.17, 15) is 30.1 Å². The van der Waals surface area contributed by atoms with Crippen molar-refractivity contribution in [2.45, 2.75) is 31.8 Å². The first-order chi connectivity index (χ1) is 9.91. The Morgan fingerprint density at radius 1 is 1.19 bits per heavy atom. The summed E-state index contributed by atoms with van der Waals surface area (Å²) in [7, 11) is 0. The van der Waals surface area contributed by atoms with Gasteiger partial charge >= 0.3 is 0 Å². The monoisotopic (exact) mass is 294 g/mol. The minimum Gasteiger partial charge on any atom is -0.387 e. The van der Waals surface area contributed by atoms with Crippen LogP contribution in [0, 0.1) is 26.1 Å². The SMILES string of the molecule is O=C1CCCC[C@@H]1[C@H](O)c1ccc([N+](=O)[O-])cc1[N+](=O)[O-]. The van der Waals surface area contributed by atoms with Crippen molar-refractivity contribution in [2.75, 3.05) is 0 Å². The molecule has 8 heteroatoms. The summed E-state index contributed by atoms with van der Waals surface area (Å²) in [5.74, 6) is -0.805. The Kier molecular flexibility index (Phi) is 4.27. The van der Waals surface area contributed by atoms with Crippen molar-refractivity contribution in [3.05, 3.63) is 44.0 Å². The van der Waals surface area contributed by atoms with Crippen LogP contribution in [0.5, 0.6) is 0 Å². The lowest BCUT2D eigenvalue weighted by Gasteiger charge is -2.25. The van der Waals surface area contributed by atoms with E-state index in [0.717, 1.165) is 31.0 Å².